The fraction of sp³-hybridized carbons (Fsp3) is 0.273. The van der Waals surface area contributed by atoms with Crippen molar-refractivity contribution in [3.05, 3.63) is 59.1 Å². The molecule has 2 aromatic carbocycles. The molecular formula is C22H23ClN4O5. The molecule has 3 N–H and O–H groups in total. The van der Waals surface area contributed by atoms with Gasteiger partial charge in [-0.05, 0) is 48.7 Å². The van der Waals surface area contributed by atoms with E-state index in [2.05, 4.69) is 21.2 Å². The fourth-order valence-electron chi connectivity index (χ4n) is 2.91. The topological polar surface area (TPSA) is 118 Å². The third-order valence-corrected chi connectivity index (χ3v) is 4.67. The van der Waals surface area contributed by atoms with E-state index in [1.807, 2.05) is 0 Å². The van der Waals surface area contributed by atoms with E-state index in [0.717, 1.165) is 12.8 Å². The Kier molecular flexibility index (Phi) is 8.59. The molecule has 9 nitrogen and oxygen atoms in total. The van der Waals surface area contributed by atoms with Gasteiger partial charge in [0.15, 0.2) is 6.61 Å². The predicted octanol–water partition coefficient (Wildman–Crippen LogP) is 2.10. The van der Waals surface area contributed by atoms with Gasteiger partial charge in [0.1, 0.15) is 5.75 Å². The number of nitrogens with zero attached hydrogens (tertiary/aromatic N) is 1. The number of amides is 3. The van der Waals surface area contributed by atoms with Crippen LogP contribution in [-0.4, -0.2) is 49.8 Å². The van der Waals surface area contributed by atoms with Crippen molar-refractivity contribution in [1.82, 2.24) is 10.7 Å². The van der Waals surface area contributed by atoms with Crippen LogP contribution in [0.5, 0.6) is 5.75 Å². The number of anilines is 1. The van der Waals surface area contributed by atoms with Crippen LogP contribution in [0, 0.1) is 0 Å². The third kappa shape index (κ3) is 7.68. The largest absolute Gasteiger partial charge is 0.484 e. The van der Waals surface area contributed by atoms with Crippen molar-refractivity contribution < 1.29 is 23.9 Å². The van der Waals surface area contributed by atoms with E-state index in [-0.39, 0.29) is 18.6 Å². The van der Waals surface area contributed by atoms with E-state index in [9.17, 15) is 14.4 Å². The van der Waals surface area contributed by atoms with Crippen molar-refractivity contribution >= 4 is 41.2 Å². The Morgan fingerprint density at radius 2 is 2.00 bits per heavy atom. The molecule has 0 spiro atoms. The minimum atomic E-state index is -0.871. The van der Waals surface area contributed by atoms with E-state index in [0.29, 0.717) is 35.2 Å². The minimum absolute atomic E-state index is 0.0504. The van der Waals surface area contributed by atoms with E-state index >= 15 is 0 Å². The summed E-state index contributed by atoms with van der Waals surface area (Å²) in [6.07, 6.45) is 3.13. The Bertz CT molecular complexity index is 992. The number of carbonyl (C=O) groups excluding carboxylic acids is 3. The van der Waals surface area contributed by atoms with Crippen molar-refractivity contribution in [3.63, 3.8) is 0 Å². The molecule has 3 amide bonds. The van der Waals surface area contributed by atoms with Crippen LogP contribution in [0.1, 0.15) is 18.4 Å². The average molecular weight is 459 g/mol. The zero-order chi connectivity index (χ0) is 22.8. The first-order valence-corrected chi connectivity index (χ1v) is 10.4. The van der Waals surface area contributed by atoms with Crippen molar-refractivity contribution in [2.45, 2.75) is 18.9 Å². The molecule has 10 heteroatoms. The van der Waals surface area contributed by atoms with Crippen molar-refractivity contribution in [2.24, 2.45) is 5.10 Å². The number of ether oxygens (including phenoxy) is 2. The molecular weight excluding hydrogens is 436 g/mol. The van der Waals surface area contributed by atoms with E-state index in [1.54, 1.807) is 48.5 Å². The van der Waals surface area contributed by atoms with Gasteiger partial charge in [0.25, 0.3) is 5.91 Å². The van der Waals surface area contributed by atoms with Gasteiger partial charge in [0.2, 0.25) is 0 Å². The molecule has 0 aromatic heterocycles. The molecule has 3 rings (SSSR count). The van der Waals surface area contributed by atoms with Crippen LogP contribution in [0.4, 0.5) is 5.69 Å². The molecule has 2 aromatic rings. The number of hydrogen-bond donors (Lipinski definition) is 3. The lowest BCUT2D eigenvalue weighted by molar-refractivity contribution is -0.139. The number of benzene rings is 2. The molecule has 0 aliphatic carbocycles. The Morgan fingerprint density at radius 3 is 2.78 bits per heavy atom. The Balaban J connectivity index is 1.42. The van der Waals surface area contributed by atoms with E-state index < -0.39 is 11.8 Å². The highest BCUT2D eigenvalue weighted by Crippen LogP contribution is 2.15. The summed E-state index contributed by atoms with van der Waals surface area (Å²) in [6, 6.07) is 13.6. The smallest absolute Gasteiger partial charge is 0.329 e. The quantitative estimate of drug-likeness (QED) is 0.318. The van der Waals surface area contributed by atoms with Crippen molar-refractivity contribution in [1.29, 1.82) is 0 Å². The number of carbonyl (C=O) groups is 3. The summed E-state index contributed by atoms with van der Waals surface area (Å²) in [7, 11) is 0. The lowest BCUT2D eigenvalue weighted by Gasteiger charge is -2.09. The summed E-state index contributed by atoms with van der Waals surface area (Å²) in [5.74, 6) is -1.55. The maximum atomic E-state index is 12.0. The summed E-state index contributed by atoms with van der Waals surface area (Å²) in [5.41, 5.74) is 3.35. The first-order chi connectivity index (χ1) is 15.5. The molecule has 0 saturated carbocycles. The maximum absolute atomic E-state index is 12.0. The fourth-order valence-corrected chi connectivity index (χ4v) is 3.10. The second-order valence-corrected chi connectivity index (χ2v) is 7.40. The summed E-state index contributed by atoms with van der Waals surface area (Å²) in [5, 5.41) is 9.50. The normalized spacial score (nSPS) is 15.3. The number of hydrogen-bond acceptors (Lipinski definition) is 6. The van der Waals surface area contributed by atoms with Crippen LogP contribution >= 0.6 is 11.6 Å². The molecule has 32 heavy (non-hydrogen) atoms. The molecule has 1 aliphatic heterocycles. The van der Waals surface area contributed by atoms with Crippen LogP contribution in [0.2, 0.25) is 5.02 Å². The van der Waals surface area contributed by atoms with Gasteiger partial charge >= 0.3 is 11.8 Å². The standard InChI is InChI=1S/C22H23ClN4O5/c23-16-5-2-6-17(11-16)26-20(28)14-32-18-7-1-4-15(10-18)12-25-27-22(30)21(29)24-13-19-8-3-9-31-19/h1-2,4-7,10-12,19H,3,8-9,13-14H2,(H,24,29)(H,26,28)(H,27,30)/b25-12-/t19-/m1/s1. The van der Waals surface area contributed by atoms with Crippen LogP contribution in [-0.2, 0) is 19.1 Å². The second kappa shape index (κ2) is 11.8. The van der Waals surface area contributed by atoms with Crippen molar-refractivity contribution in [3.8, 4) is 5.75 Å². The first-order valence-electron chi connectivity index (χ1n) is 10.0. The Labute approximate surface area is 190 Å². The SMILES string of the molecule is O=C(COc1cccc(/C=N\NC(=O)C(=O)NC[C@H]2CCCO2)c1)Nc1cccc(Cl)c1. The van der Waals surface area contributed by atoms with E-state index in [1.165, 1.54) is 6.21 Å². The highest BCUT2D eigenvalue weighted by molar-refractivity contribution is 6.35. The maximum Gasteiger partial charge on any atom is 0.329 e. The molecule has 0 radical (unpaired) electrons. The van der Waals surface area contributed by atoms with Crippen LogP contribution < -0.4 is 20.8 Å². The van der Waals surface area contributed by atoms with Gasteiger partial charge in [0.05, 0.1) is 12.3 Å². The second-order valence-electron chi connectivity index (χ2n) is 6.96. The van der Waals surface area contributed by atoms with Crippen molar-refractivity contribution in [2.75, 3.05) is 25.1 Å². The van der Waals surface area contributed by atoms with Gasteiger partial charge in [0, 0.05) is 23.9 Å². The lowest BCUT2D eigenvalue weighted by Crippen LogP contribution is -2.41. The van der Waals surface area contributed by atoms with Crippen LogP contribution in [0.25, 0.3) is 0 Å². The monoisotopic (exact) mass is 458 g/mol. The van der Waals surface area contributed by atoms with Gasteiger partial charge < -0.3 is 20.1 Å². The van der Waals surface area contributed by atoms with Gasteiger partial charge in [-0.25, -0.2) is 5.43 Å². The minimum Gasteiger partial charge on any atom is -0.484 e. The van der Waals surface area contributed by atoms with Crippen LogP contribution in [0.3, 0.4) is 0 Å². The molecule has 168 valence electrons. The molecule has 0 unspecified atom stereocenters. The molecule has 1 aliphatic rings. The highest BCUT2D eigenvalue weighted by Gasteiger charge is 2.18. The Hall–Kier alpha value is -3.43. The number of hydrazone groups is 1. The highest BCUT2D eigenvalue weighted by atomic mass is 35.5. The number of halogens is 1. The van der Waals surface area contributed by atoms with Gasteiger partial charge in [-0.3, -0.25) is 14.4 Å². The summed E-state index contributed by atoms with van der Waals surface area (Å²) < 4.78 is 10.9. The molecule has 0 bridgehead atoms. The molecule has 1 atom stereocenters. The first kappa shape index (κ1) is 23.2. The zero-order valence-corrected chi connectivity index (χ0v) is 17.9. The molecule has 1 heterocycles. The zero-order valence-electron chi connectivity index (χ0n) is 17.2. The number of rotatable bonds is 8. The molecule has 1 saturated heterocycles. The van der Waals surface area contributed by atoms with Gasteiger partial charge in [-0.2, -0.15) is 5.10 Å². The van der Waals surface area contributed by atoms with Crippen LogP contribution in [0.15, 0.2) is 53.6 Å². The summed E-state index contributed by atoms with van der Waals surface area (Å²) in [6.45, 7) is 0.765. The molecule has 1 fully saturated rings. The third-order valence-electron chi connectivity index (χ3n) is 4.44. The van der Waals surface area contributed by atoms with E-state index in [4.69, 9.17) is 21.1 Å². The Morgan fingerprint density at radius 1 is 1.16 bits per heavy atom. The summed E-state index contributed by atoms with van der Waals surface area (Å²) in [4.78, 5) is 35.6. The van der Waals surface area contributed by atoms with Gasteiger partial charge in [-0.1, -0.05) is 29.8 Å². The number of nitrogens with one attached hydrogen (secondary N) is 3. The average Bonchev–Trinajstić information content (AvgIpc) is 3.30. The van der Waals surface area contributed by atoms with Gasteiger partial charge in [-0.15, -0.1) is 0 Å². The predicted molar refractivity (Wildman–Crippen MR) is 120 cm³/mol. The lowest BCUT2D eigenvalue weighted by atomic mass is 10.2. The summed E-state index contributed by atoms with van der Waals surface area (Å²) >= 11 is 5.89.